The molecule has 0 saturated carbocycles. The number of aryl methyl sites for hydroxylation is 1. The number of hydrogen-bond acceptors (Lipinski definition) is 6. The van der Waals surface area contributed by atoms with E-state index in [1.165, 1.54) is 37.3 Å². The molecule has 0 aliphatic carbocycles. The first-order chi connectivity index (χ1) is 20.3. The number of methoxy groups -OCH3 is 2. The van der Waals surface area contributed by atoms with Crippen molar-refractivity contribution < 1.29 is 27.5 Å². The molecule has 0 fully saturated rings. The first kappa shape index (κ1) is 34.0. The lowest BCUT2D eigenvalue weighted by atomic mass is 10.1. The van der Waals surface area contributed by atoms with E-state index in [0.29, 0.717) is 27.8 Å². The molecular weight excluding hydrogens is 613 g/mol. The summed E-state index contributed by atoms with van der Waals surface area (Å²) in [6.07, 6.45) is 0.682. The molecule has 0 saturated heterocycles. The lowest BCUT2D eigenvalue weighted by molar-refractivity contribution is -0.139. The molecule has 0 aliphatic rings. The van der Waals surface area contributed by atoms with Gasteiger partial charge >= 0.3 is 0 Å². The predicted molar refractivity (Wildman–Crippen MR) is 170 cm³/mol. The van der Waals surface area contributed by atoms with Crippen LogP contribution < -0.4 is 19.1 Å². The van der Waals surface area contributed by atoms with Gasteiger partial charge in [-0.1, -0.05) is 53.9 Å². The molecule has 0 bridgehead atoms. The molecule has 3 rings (SSSR count). The van der Waals surface area contributed by atoms with Gasteiger partial charge in [0.25, 0.3) is 10.0 Å². The average molecular weight is 651 g/mol. The first-order valence-electron chi connectivity index (χ1n) is 13.7. The van der Waals surface area contributed by atoms with Crippen molar-refractivity contribution in [2.24, 2.45) is 0 Å². The Morgan fingerprint density at radius 2 is 1.58 bits per heavy atom. The minimum atomic E-state index is -4.32. The summed E-state index contributed by atoms with van der Waals surface area (Å²) in [6, 6.07) is 14.7. The second-order valence-corrected chi connectivity index (χ2v) is 12.8. The number of anilines is 1. The fourth-order valence-corrected chi connectivity index (χ4v) is 6.18. The van der Waals surface area contributed by atoms with E-state index in [1.54, 1.807) is 49.4 Å². The Labute approximate surface area is 263 Å². The maximum atomic E-state index is 14.2. The van der Waals surface area contributed by atoms with Gasteiger partial charge in [-0.2, -0.15) is 0 Å². The van der Waals surface area contributed by atoms with E-state index in [1.807, 2.05) is 20.8 Å². The lowest BCUT2D eigenvalue weighted by Crippen LogP contribution is -2.52. The largest absolute Gasteiger partial charge is 0.497 e. The number of nitrogens with one attached hydrogen (secondary N) is 1. The molecule has 3 aromatic carbocycles. The van der Waals surface area contributed by atoms with Crippen LogP contribution in [0, 0.1) is 6.92 Å². The molecule has 1 N–H and O–H groups in total. The summed E-state index contributed by atoms with van der Waals surface area (Å²) in [6.45, 7) is 6.39. The van der Waals surface area contributed by atoms with Gasteiger partial charge in [-0.05, 0) is 63.6 Å². The first-order valence-corrected chi connectivity index (χ1v) is 15.9. The van der Waals surface area contributed by atoms with Gasteiger partial charge in [-0.25, -0.2) is 8.42 Å². The van der Waals surface area contributed by atoms with E-state index < -0.39 is 34.4 Å². The van der Waals surface area contributed by atoms with Gasteiger partial charge in [0.2, 0.25) is 11.8 Å². The summed E-state index contributed by atoms with van der Waals surface area (Å²) in [4.78, 5) is 28.7. The third-order valence-electron chi connectivity index (χ3n) is 7.10. The Balaban J connectivity index is 2.16. The van der Waals surface area contributed by atoms with Crippen molar-refractivity contribution in [3.63, 3.8) is 0 Å². The van der Waals surface area contributed by atoms with Crippen molar-refractivity contribution in [1.82, 2.24) is 10.2 Å². The van der Waals surface area contributed by atoms with E-state index >= 15 is 0 Å². The van der Waals surface area contributed by atoms with Crippen LogP contribution in [0.3, 0.4) is 0 Å². The normalized spacial score (nSPS) is 12.7. The number of benzene rings is 3. The topological polar surface area (TPSA) is 105 Å². The van der Waals surface area contributed by atoms with Crippen molar-refractivity contribution in [3.05, 3.63) is 81.8 Å². The Morgan fingerprint density at radius 3 is 2.14 bits per heavy atom. The molecule has 0 heterocycles. The molecule has 0 radical (unpaired) electrons. The molecule has 12 heteroatoms. The van der Waals surface area contributed by atoms with Gasteiger partial charge in [0.15, 0.2) is 0 Å². The van der Waals surface area contributed by atoms with Crippen molar-refractivity contribution in [1.29, 1.82) is 0 Å². The number of halogens is 2. The van der Waals surface area contributed by atoms with Gasteiger partial charge < -0.3 is 19.7 Å². The zero-order valence-electron chi connectivity index (χ0n) is 25.1. The maximum Gasteiger partial charge on any atom is 0.264 e. The van der Waals surface area contributed by atoms with Crippen LogP contribution in [0.2, 0.25) is 10.0 Å². The molecule has 3 aromatic rings. The van der Waals surface area contributed by atoms with Crippen LogP contribution in [0.1, 0.15) is 38.3 Å². The molecule has 43 heavy (non-hydrogen) atoms. The van der Waals surface area contributed by atoms with Gasteiger partial charge in [-0.15, -0.1) is 0 Å². The van der Waals surface area contributed by atoms with Crippen molar-refractivity contribution >= 4 is 50.7 Å². The number of hydrogen-bond donors (Lipinski definition) is 1. The Kier molecular flexibility index (Phi) is 11.7. The fraction of sp³-hybridized carbons (Fsp3) is 0.355. The lowest BCUT2D eigenvalue weighted by Gasteiger charge is -2.33. The van der Waals surface area contributed by atoms with Crippen LogP contribution in [0.5, 0.6) is 11.5 Å². The number of rotatable bonds is 13. The zero-order valence-corrected chi connectivity index (χ0v) is 27.4. The number of carbonyl (C=O) groups excluding carboxylic acids is 2. The van der Waals surface area contributed by atoms with Crippen molar-refractivity contribution in [3.8, 4) is 11.5 Å². The van der Waals surface area contributed by atoms with E-state index in [4.69, 9.17) is 32.7 Å². The minimum absolute atomic E-state index is 0.0287. The number of carbonyl (C=O) groups is 2. The molecule has 2 amide bonds. The smallest absolute Gasteiger partial charge is 0.264 e. The van der Waals surface area contributed by atoms with Crippen molar-refractivity contribution in [2.75, 3.05) is 25.1 Å². The van der Waals surface area contributed by atoms with Crippen LogP contribution in [0.25, 0.3) is 0 Å². The predicted octanol–water partition coefficient (Wildman–Crippen LogP) is 5.85. The zero-order chi connectivity index (χ0) is 31.9. The monoisotopic (exact) mass is 649 g/mol. The van der Waals surface area contributed by atoms with E-state index in [9.17, 15) is 18.0 Å². The Morgan fingerprint density at radius 1 is 0.953 bits per heavy atom. The standard InChI is InChI=1S/C31H37Cl2N3O6S/c1-7-21(3)34-31(38)22(4)35(18-25-26(32)9-8-10-27(25)33)30(37)19-36(28-17-23(41-5)13-16-29(28)42-6)43(39,40)24-14-11-20(2)12-15-24/h8-17,21-22H,7,18-19H2,1-6H3,(H,34,38)/t21-,22+/m1/s1. The van der Waals surface area contributed by atoms with Crippen LogP contribution in [-0.2, 0) is 26.2 Å². The number of nitrogens with zero attached hydrogens (tertiary/aromatic N) is 2. The molecule has 0 unspecified atom stereocenters. The molecule has 0 aliphatic heterocycles. The van der Waals surface area contributed by atoms with Crippen molar-refractivity contribution in [2.45, 2.75) is 57.6 Å². The minimum Gasteiger partial charge on any atom is -0.497 e. The van der Waals surface area contributed by atoms with Gasteiger partial charge in [-0.3, -0.25) is 13.9 Å². The van der Waals surface area contributed by atoms with Crippen LogP contribution >= 0.6 is 23.2 Å². The number of amides is 2. The van der Waals surface area contributed by atoms with Crippen LogP contribution in [0.15, 0.2) is 65.6 Å². The van der Waals surface area contributed by atoms with E-state index in [0.717, 1.165) is 9.87 Å². The molecule has 0 spiro atoms. The second-order valence-electron chi connectivity index (χ2n) is 10.1. The summed E-state index contributed by atoms with van der Waals surface area (Å²) >= 11 is 12.9. The summed E-state index contributed by atoms with van der Waals surface area (Å²) in [5, 5.41) is 3.50. The highest BCUT2D eigenvalue weighted by Gasteiger charge is 2.34. The molecule has 9 nitrogen and oxygen atoms in total. The summed E-state index contributed by atoms with van der Waals surface area (Å²) in [5.41, 5.74) is 1.38. The molecule has 2 atom stereocenters. The molecule has 0 aromatic heterocycles. The number of ether oxygens (including phenoxy) is 2. The Bertz CT molecular complexity index is 1530. The van der Waals surface area contributed by atoms with E-state index in [2.05, 4.69) is 5.32 Å². The van der Waals surface area contributed by atoms with Crippen LogP contribution in [-0.4, -0.2) is 58.0 Å². The Hall–Kier alpha value is -3.47. The quantitative estimate of drug-likeness (QED) is 0.249. The van der Waals surface area contributed by atoms with Gasteiger partial charge in [0.1, 0.15) is 24.1 Å². The second kappa shape index (κ2) is 14.8. The highest BCUT2D eigenvalue weighted by molar-refractivity contribution is 7.92. The molecular formula is C31H37Cl2N3O6S. The maximum absolute atomic E-state index is 14.2. The molecule has 232 valence electrons. The summed E-state index contributed by atoms with van der Waals surface area (Å²) in [5.74, 6) is -0.512. The van der Waals surface area contributed by atoms with E-state index in [-0.39, 0.29) is 28.9 Å². The highest BCUT2D eigenvalue weighted by Crippen LogP contribution is 2.36. The summed E-state index contributed by atoms with van der Waals surface area (Å²) < 4.78 is 40.1. The number of sulfonamides is 1. The SMILES string of the molecule is CC[C@@H](C)NC(=O)[C@H](C)N(Cc1c(Cl)cccc1Cl)C(=O)CN(c1cc(OC)ccc1OC)S(=O)(=O)c1ccc(C)cc1. The highest BCUT2D eigenvalue weighted by atomic mass is 35.5. The third kappa shape index (κ3) is 8.13. The van der Waals surface area contributed by atoms with Crippen LogP contribution in [0.4, 0.5) is 5.69 Å². The van der Waals surface area contributed by atoms with Gasteiger partial charge in [0, 0.05) is 34.3 Å². The third-order valence-corrected chi connectivity index (χ3v) is 9.58. The average Bonchev–Trinajstić information content (AvgIpc) is 2.99. The fourth-order valence-electron chi connectivity index (χ4n) is 4.24. The summed E-state index contributed by atoms with van der Waals surface area (Å²) in [7, 11) is -1.47. The van der Waals surface area contributed by atoms with Gasteiger partial charge in [0.05, 0.1) is 24.8 Å².